The maximum Gasteiger partial charge on any atom is 0.247 e. The van der Waals surface area contributed by atoms with Gasteiger partial charge in [-0.3, -0.25) is 14.6 Å². The van der Waals surface area contributed by atoms with Crippen molar-refractivity contribution in [3.8, 4) is 0 Å². The van der Waals surface area contributed by atoms with Crippen LogP contribution < -0.4 is 0 Å². The summed E-state index contributed by atoms with van der Waals surface area (Å²) in [4.78, 5) is 14.5. The van der Waals surface area contributed by atoms with E-state index in [1.54, 1.807) is 15.8 Å². The Morgan fingerprint density at radius 1 is 1.45 bits per heavy atom. The van der Waals surface area contributed by atoms with Crippen molar-refractivity contribution >= 4 is 5.91 Å². The Bertz CT molecular complexity index is 631. The van der Waals surface area contributed by atoms with Crippen LogP contribution in [0.5, 0.6) is 0 Å². The normalized spacial score (nSPS) is 15.4. The fourth-order valence-electron chi connectivity index (χ4n) is 3.18. The lowest BCUT2D eigenvalue weighted by Crippen LogP contribution is -2.34. The highest BCUT2D eigenvalue weighted by molar-refractivity contribution is 5.80. The molecular weight excluding hydrogens is 278 g/mol. The molecule has 1 amide bonds. The van der Waals surface area contributed by atoms with Crippen molar-refractivity contribution in [1.29, 1.82) is 0 Å². The van der Waals surface area contributed by atoms with E-state index in [0.29, 0.717) is 6.54 Å². The molecule has 1 aliphatic carbocycles. The van der Waals surface area contributed by atoms with Crippen molar-refractivity contribution < 1.29 is 4.79 Å². The number of likely N-dealkylation sites (N-methyl/N-ethyl adjacent to an activating group) is 1. The minimum absolute atomic E-state index is 0.0822. The van der Waals surface area contributed by atoms with Crippen LogP contribution in [-0.4, -0.2) is 37.8 Å². The molecule has 6 nitrogen and oxygen atoms in total. The quantitative estimate of drug-likeness (QED) is 0.919. The fourth-order valence-corrected chi connectivity index (χ4v) is 3.18. The highest BCUT2D eigenvalue weighted by Gasteiger charge is 2.25. The molecule has 1 atom stereocenters. The van der Waals surface area contributed by atoms with E-state index in [1.165, 1.54) is 24.1 Å². The molecule has 1 aliphatic rings. The first-order chi connectivity index (χ1) is 10.7. The third-order valence-electron chi connectivity index (χ3n) is 4.42. The second-order valence-corrected chi connectivity index (χ2v) is 5.94. The Balaban J connectivity index is 1.72. The zero-order chi connectivity index (χ0) is 15.5. The average Bonchev–Trinajstić information content (AvgIpc) is 3.18. The van der Waals surface area contributed by atoms with Gasteiger partial charge in [0, 0.05) is 25.1 Å². The van der Waals surface area contributed by atoms with E-state index in [1.807, 2.05) is 26.2 Å². The Morgan fingerprint density at radius 3 is 3.00 bits per heavy atom. The number of carbonyl (C=O) groups excluding carboxylic acids is 1. The first-order valence-electron chi connectivity index (χ1n) is 7.99. The van der Waals surface area contributed by atoms with E-state index in [0.717, 1.165) is 25.0 Å². The van der Waals surface area contributed by atoms with Crippen molar-refractivity contribution in [3.05, 3.63) is 35.4 Å². The first-order valence-corrected chi connectivity index (χ1v) is 7.99. The smallest absolute Gasteiger partial charge is 0.247 e. The van der Waals surface area contributed by atoms with Gasteiger partial charge in [0.15, 0.2) is 0 Å². The summed E-state index contributed by atoms with van der Waals surface area (Å²) in [7, 11) is 1.85. The molecule has 1 N–H and O–H groups in total. The van der Waals surface area contributed by atoms with Gasteiger partial charge >= 0.3 is 0 Å². The van der Waals surface area contributed by atoms with Crippen LogP contribution in [0.15, 0.2) is 18.5 Å². The van der Waals surface area contributed by atoms with E-state index in [-0.39, 0.29) is 11.9 Å². The topological polar surface area (TPSA) is 66.8 Å². The Kier molecular flexibility index (Phi) is 4.27. The van der Waals surface area contributed by atoms with Crippen LogP contribution in [0.2, 0.25) is 0 Å². The van der Waals surface area contributed by atoms with Crippen molar-refractivity contribution in [3.63, 3.8) is 0 Å². The van der Waals surface area contributed by atoms with E-state index >= 15 is 0 Å². The number of aryl methyl sites for hydroxylation is 1. The number of amides is 1. The molecule has 0 saturated heterocycles. The molecule has 118 valence electrons. The molecule has 0 aliphatic heterocycles. The van der Waals surface area contributed by atoms with Crippen molar-refractivity contribution in [1.82, 2.24) is 24.9 Å². The Morgan fingerprint density at radius 2 is 2.27 bits per heavy atom. The summed E-state index contributed by atoms with van der Waals surface area (Å²) >= 11 is 0. The van der Waals surface area contributed by atoms with Gasteiger partial charge in [0.1, 0.15) is 6.04 Å². The third kappa shape index (κ3) is 2.77. The van der Waals surface area contributed by atoms with Crippen molar-refractivity contribution in [2.45, 2.75) is 51.6 Å². The molecule has 2 aromatic heterocycles. The molecule has 0 spiro atoms. The average molecular weight is 301 g/mol. The number of hydrogen-bond acceptors (Lipinski definition) is 3. The lowest BCUT2D eigenvalue weighted by molar-refractivity contribution is -0.134. The molecule has 2 aromatic rings. The molecule has 6 heteroatoms. The van der Waals surface area contributed by atoms with Crippen LogP contribution in [0, 0.1) is 0 Å². The van der Waals surface area contributed by atoms with Gasteiger partial charge in [-0.25, -0.2) is 0 Å². The van der Waals surface area contributed by atoms with E-state index in [9.17, 15) is 4.79 Å². The second kappa shape index (κ2) is 6.34. The summed E-state index contributed by atoms with van der Waals surface area (Å²) in [5.41, 5.74) is 3.58. The van der Waals surface area contributed by atoms with Crippen molar-refractivity contribution in [2.24, 2.45) is 0 Å². The van der Waals surface area contributed by atoms with Gasteiger partial charge in [-0.2, -0.15) is 10.2 Å². The number of aromatic amines is 1. The highest BCUT2D eigenvalue weighted by Crippen LogP contribution is 2.23. The Labute approximate surface area is 130 Å². The van der Waals surface area contributed by atoms with Crippen molar-refractivity contribution in [2.75, 3.05) is 7.05 Å². The predicted octanol–water partition coefficient (Wildman–Crippen LogP) is 2.09. The number of rotatable bonds is 5. The zero-order valence-corrected chi connectivity index (χ0v) is 13.2. The summed E-state index contributed by atoms with van der Waals surface area (Å²) in [5, 5.41) is 11.8. The van der Waals surface area contributed by atoms with Gasteiger partial charge in [0.25, 0.3) is 0 Å². The van der Waals surface area contributed by atoms with Crippen LogP contribution in [-0.2, 0) is 24.2 Å². The van der Waals surface area contributed by atoms with Gasteiger partial charge < -0.3 is 4.90 Å². The van der Waals surface area contributed by atoms with Gasteiger partial charge in [-0.1, -0.05) is 6.92 Å². The van der Waals surface area contributed by atoms with Gasteiger partial charge in [0.2, 0.25) is 5.91 Å². The fraction of sp³-hybridized carbons (Fsp3) is 0.562. The second-order valence-electron chi connectivity index (χ2n) is 5.94. The minimum Gasteiger partial charge on any atom is -0.338 e. The number of nitrogens with one attached hydrogen (secondary N) is 1. The third-order valence-corrected chi connectivity index (χ3v) is 4.42. The lowest BCUT2D eigenvalue weighted by Gasteiger charge is -2.23. The summed E-state index contributed by atoms with van der Waals surface area (Å²) in [5.74, 6) is 0.0822. The molecule has 0 unspecified atom stereocenters. The summed E-state index contributed by atoms with van der Waals surface area (Å²) in [6.07, 6.45) is 8.85. The van der Waals surface area contributed by atoms with Gasteiger partial charge in [0.05, 0.1) is 12.2 Å². The minimum atomic E-state index is -0.241. The number of fused-ring (bicyclic) bond motifs is 1. The number of nitrogens with zero attached hydrogens (tertiary/aromatic N) is 4. The Hall–Kier alpha value is -2.11. The SMILES string of the molecule is CC[C@H](C(=O)N(C)Cc1n[nH]c2c1CCCC2)n1cccn1. The number of H-pyrrole nitrogens is 1. The maximum atomic E-state index is 12.7. The number of carbonyl (C=O) groups is 1. The summed E-state index contributed by atoms with van der Waals surface area (Å²) < 4.78 is 1.73. The largest absolute Gasteiger partial charge is 0.338 e. The standard InChI is InChI=1S/C16H23N5O/c1-3-15(21-10-6-9-17-21)16(22)20(2)11-14-12-7-4-5-8-13(12)18-19-14/h6,9-10,15H,3-5,7-8,11H2,1-2H3,(H,18,19)/t15-/m1/s1. The van der Waals surface area contributed by atoms with Crippen LogP contribution in [0.1, 0.15) is 49.2 Å². The monoisotopic (exact) mass is 301 g/mol. The van der Waals surface area contributed by atoms with Gasteiger partial charge in [-0.15, -0.1) is 0 Å². The van der Waals surface area contributed by atoms with E-state index in [2.05, 4.69) is 15.3 Å². The summed E-state index contributed by atoms with van der Waals surface area (Å²) in [6, 6.07) is 1.61. The van der Waals surface area contributed by atoms with Crippen LogP contribution in [0.4, 0.5) is 0 Å². The molecule has 0 aromatic carbocycles. The molecule has 0 radical (unpaired) electrons. The first kappa shape index (κ1) is 14.8. The van der Waals surface area contributed by atoms with E-state index in [4.69, 9.17) is 0 Å². The maximum absolute atomic E-state index is 12.7. The highest BCUT2D eigenvalue weighted by atomic mass is 16.2. The molecule has 2 heterocycles. The summed E-state index contributed by atoms with van der Waals surface area (Å²) in [6.45, 7) is 2.57. The molecule has 0 saturated carbocycles. The lowest BCUT2D eigenvalue weighted by atomic mass is 9.96. The van der Waals surface area contributed by atoms with Gasteiger partial charge in [-0.05, 0) is 43.7 Å². The number of hydrogen-bond donors (Lipinski definition) is 1. The predicted molar refractivity (Wildman–Crippen MR) is 83.3 cm³/mol. The molecule has 3 rings (SSSR count). The molecule has 22 heavy (non-hydrogen) atoms. The van der Waals surface area contributed by atoms with Crippen LogP contribution >= 0.6 is 0 Å². The molecular formula is C16H23N5O. The molecule has 0 bridgehead atoms. The van der Waals surface area contributed by atoms with Crippen LogP contribution in [0.25, 0.3) is 0 Å². The van der Waals surface area contributed by atoms with Crippen LogP contribution in [0.3, 0.4) is 0 Å². The number of aromatic nitrogens is 4. The molecule has 0 fully saturated rings. The van der Waals surface area contributed by atoms with E-state index < -0.39 is 0 Å². The zero-order valence-electron chi connectivity index (χ0n) is 13.2.